The molecular formula is C18H23N5O4. The average Bonchev–Trinajstić information content (AvgIpc) is 2.69. The number of rotatable bonds is 8. The second-order valence-electron chi connectivity index (χ2n) is 5.93. The van der Waals surface area contributed by atoms with E-state index in [2.05, 4.69) is 26.1 Å². The van der Waals surface area contributed by atoms with E-state index in [-0.39, 0.29) is 11.9 Å². The molecule has 1 unspecified atom stereocenters. The Hall–Kier alpha value is -3.36. The van der Waals surface area contributed by atoms with E-state index in [0.29, 0.717) is 17.2 Å². The quantitative estimate of drug-likeness (QED) is 0.599. The lowest BCUT2D eigenvalue weighted by Gasteiger charge is -2.22. The van der Waals surface area contributed by atoms with Crippen molar-refractivity contribution in [3.05, 3.63) is 42.1 Å². The molecule has 2 rings (SSSR count). The number of anilines is 1. The van der Waals surface area contributed by atoms with Gasteiger partial charge in [-0.2, -0.15) is 4.98 Å². The molecule has 2 aromatic rings. The molecule has 0 spiro atoms. The molecule has 2 amide bonds. The van der Waals surface area contributed by atoms with Crippen LogP contribution in [0.25, 0.3) is 0 Å². The lowest BCUT2D eigenvalue weighted by Crippen LogP contribution is -2.51. The summed E-state index contributed by atoms with van der Waals surface area (Å²) in [6, 6.07) is 7.61. The third-order valence-electron chi connectivity index (χ3n) is 3.72. The van der Waals surface area contributed by atoms with E-state index in [1.807, 2.05) is 13.8 Å². The highest BCUT2D eigenvalue weighted by Crippen LogP contribution is 2.17. The summed E-state index contributed by atoms with van der Waals surface area (Å²) in [6.45, 7) is 3.66. The van der Waals surface area contributed by atoms with Gasteiger partial charge in [-0.05, 0) is 18.1 Å². The lowest BCUT2D eigenvalue weighted by molar-refractivity contribution is -0.123. The first-order valence-corrected chi connectivity index (χ1v) is 8.33. The van der Waals surface area contributed by atoms with Crippen LogP contribution in [0.1, 0.15) is 24.2 Å². The number of amides is 2. The van der Waals surface area contributed by atoms with Crippen molar-refractivity contribution < 1.29 is 19.1 Å². The van der Waals surface area contributed by atoms with Gasteiger partial charge in [0.25, 0.3) is 11.8 Å². The number of para-hydroxylation sites is 1. The van der Waals surface area contributed by atoms with Crippen molar-refractivity contribution in [2.45, 2.75) is 19.9 Å². The van der Waals surface area contributed by atoms with E-state index in [9.17, 15) is 9.59 Å². The van der Waals surface area contributed by atoms with Crippen LogP contribution in [0, 0.1) is 5.92 Å². The van der Waals surface area contributed by atoms with Gasteiger partial charge in [0.05, 0.1) is 19.8 Å². The van der Waals surface area contributed by atoms with Crippen molar-refractivity contribution in [1.29, 1.82) is 0 Å². The lowest BCUT2D eigenvalue weighted by atomic mass is 10.0. The van der Waals surface area contributed by atoms with E-state index >= 15 is 0 Å². The van der Waals surface area contributed by atoms with Crippen molar-refractivity contribution in [1.82, 2.24) is 20.7 Å². The Balaban J connectivity index is 2.05. The predicted molar refractivity (Wildman–Crippen MR) is 99.4 cm³/mol. The number of methoxy groups -OCH3 is 2. The van der Waals surface area contributed by atoms with Gasteiger partial charge in [-0.3, -0.25) is 20.4 Å². The van der Waals surface area contributed by atoms with E-state index in [1.54, 1.807) is 30.3 Å². The molecule has 0 aliphatic heterocycles. The summed E-state index contributed by atoms with van der Waals surface area (Å²) in [5.74, 6) is -0.0380. The zero-order valence-corrected chi connectivity index (χ0v) is 15.6. The Bertz CT molecular complexity index is 797. The molecule has 0 saturated heterocycles. The number of nitrogens with zero attached hydrogens (tertiary/aromatic N) is 2. The number of benzene rings is 1. The summed E-state index contributed by atoms with van der Waals surface area (Å²) in [4.78, 5) is 33.1. The largest absolute Gasteiger partial charge is 0.496 e. The summed E-state index contributed by atoms with van der Waals surface area (Å²) in [6.07, 6.45) is 1.49. The first-order chi connectivity index (χ1) is 13.0. The topological polar surface area (TPSA) is 114 Å². The molecule has 1 aromatic carbocycles. The normalized spacial score (nSPS) is 11.4. The number of ether oxygens (including phenoxy) is 2. The minimum absolute atomic E-state index is 0.156. The van der Waals surface area contributed by atoms with Crippen LogP contribution in [0.3, 0.4) is 0 Å². The van der Waals surface area contributed by atoms with Crippen molar-refractivity contribution in [3.8, 4) is 11.6 Å². The molecule has 0 aliphatic carbocycles. The van der Waals surface area contributed by atoms with Crippen LogP contribution in [0.15, 0.2) is 36.5 Å². The number of nitrogens with one attached hydrogen (secondary N) is 3. The fraction of sp³-hybridized carbons (Fsp3) is 0.333. The zero-order valence-electron chi connectivity index (χ0n) is 15.6. The minimum atomic E-state index is -0.777. The SMILES string of the molecule is COc1ccnc(NNC(=O)C(NC(=O)c2ccccc2OC)C(C)C)n1. The second-order valence-corrected chi connectivity index (χ2v) is 5.93. The van der Waals surface area contributed by atoms with Crippen LogP contribution in [-0.4, -0.2) is 42.0 Å². The zero-order chi connectivity index (χ0) is 19.8. The number of hydrazine groups is 1. The third kappa shape index (κ3) is 5.30. The van der Waals surface area contributed by atoms with Gasteiger partial charge in [-0.25, -0.2) is 4.98 Å². The van der Waals surface area contributed by atoms with Crippen LogP contribution < -0.4 is 25.6 Å². The Kier molecular flexibility index (Phi) is 6.93. The van der Waals surface area contributed by atoms with Crippen molar-refractivity contribution >= 4 is 17.8 Å². The fourth-order valence-corrected chi connectivity index (χ4v) is 2.30. The maximum atomic E-state index is 12.6. The molecule has 1 aromatic heterocycles. The maximum absolute atomic E-state index is 12.6. The molecule has 0 saturated carbocycles. The van der Waals surface area contributed by atoms with Crippen LogP contribution in [-0.2, 0) is 4.79 Å². The predicted octanol–water partition coefficient (Wildman–Crippen LogP) is 1.39. The van der Waals surface area contributed by atoms with Crippen molar-refractivity contribution in [3.63, 3.8) is 0 Å². The van der Waals surface area contributed by atoms with Gasteiger partial charge in [0.2, 0.25) is 11.8 Å². The Morgan fingerprint density at radius 2 is 1.81 bits per heavy atom. The van der Waals surface area contributed by atoms with E-state index in [0.717, 1.165) is 0 Å². The van der Waals surface area contributed by atoms with Gasteiger partial charge >= 0.3 is 0 Å². The molecule has 9 nitrogen and oxygen atoms in total. The number of hydrogen-bond acceptors (Lipinski definition) is 7. The second kappa shape index (κ2) is 9.37. The minimum Gasteiger partial charge on any atom is -0.496 e. The number of carbonyl (C=O) groups excluding carboxylic acids is 2. The smallest absolute Gasteiger partial charge is 0.261 e. The first-order valence-electron chi connectivity index (χ1n) is 8.33. The number of aromatic nitrogens is 2. The third-order valence-corrected chi connectivity index (χ3v) is 3.72. The monoisotopic (exact) mass is 373 g/mol. The van der Waals surface area contributed by atoms with Crippen LogP contribution in [0.5, 0.6) is 11.6 Å². The van der Waals surface area contributed by atoms with E-state index < -0.39 is 17.9 Å². The number of carbonyl (C=O) groups is 2. The van der Waals surface area contributed by atoms with Gasteiger partial charge in [-0.15, -0.1) is 0 Å². The highest BCUT2D eigenvalue weighted by molar-refractivity contribution is 5.99. The average molecular weight is 373 g/mol. The van der Waals surface area contributed by atoms with Gasteiger partial charge in [0.1, 0.15) is 11.8 Å². The fourth-order valence-electron chi connectivity index (χ4n) is 2.30. The summed E-state index contributed by atoms with van der Waals surface area (Å²) in [5.41, 5.74) is 5.46. The van der Waals surface area contributed by atoms with Crippen molar-refractivity contribution in [2.24, 2.45) is 5.92 Å². The van der Waals surface area contributed by atoms with Gasteiger partial charge in [-0.1, -0.05) is 26.0 Å². The summed E-state index contributed by atoms with van der Waals surface area (Å²) >= 11 is 0. The number of hydrogen-bond donors (Lipinski definition) is 3. The van der Waals surface area contributed by atoms with Crippen LogP contribution >= 0.6 is 0 Å². The molecule has 1 atom stereocenters. The molecule has 3 N–H and O–H groups in total. The molecule has 27 heavy (non-hydrogen) atoms. The molecular weight excluding hydrogens is 350 g/mol. The van der Waals surface area contributed by atoms with Gasteiger partial charge in [0.15, 0.2) is 0 Å². The maximum Gasteiger partial charge on any atom is 0.261 e. The van der Waals surface area contributed by atoms with Gasteiger partial charge < -0.3 is 14.8 Å². The molecule has 1 heterocycles. The molecule has 0 bridgehead atoms. The summed E-state index contributed by atoms with van der Waals surface area (Å²) in [7, 11) is 2.96. The van der Waals surface area contributed by atoms with E-state index in [4.69, 9.17) is 9.47 Å². The molecule has 0 radical (unpaired) electrons. The highest BCUT2D eigenvalue weighted by Gasteiger charge is 2.26. The summed E-state index contributed by atoms with van der Waals surface area (Å²) in [5, 5.41) is 2.73. The molecule has 144 valence electrons. The standard InChI is InChI=1S/C18H23N5O4/c1-11(2)15(21-16(24)12-7-5-6-8-13(12)26-3)17(25)22-23-18-19-10-9-14(20-18)27-4/h5-11,15H,1-4H3,(H,21,24)(H,22,25)(H,19,20,23). The molecule has 0 fully saturated rings. The molecule has 9 heteroatoms. The Labute approximate surface area is 157 Å². The molecule has 0 aliphatic rings. The first kappa shape index (κ1) is 20.0. The van der Waals surface area contributed by atoms with Gasteiger partial charge in [0, 0.05) is 12.3 Å². The summed E-state index contributed by atoms with van der Waals surface area (Å²) < 4.78 is 10.2. The van der Waals surface area contributed by atoms with Crippen molar-refractivity contribution in [2.75, 3.05) is 19.6 Å². The van der Waals surface area contributed by atoms with Crippen LogP contribution in [0.2, 0.25) is 0 Å². The Morgan fingerprint density at radius 3 is 2.48 bits per heavy atom. The highest BCUT2D eigenvalue weighted by atomic mass is 16.5. The Morgan fingerprint density at radius 1 is 1.07 bits per heavy atom. The van der Waals surface area contributed by atoms with Crippen LogP contribution in [0.4, 0.5) is 5.95 Å². The van der Waals surface area contributed by atoms with E-state index in [1.165, 1.54) is 20.4 Å².